The molecule has 3 nitrogen and oxygen atoms in total. The van der Waals surface area contributed by atoms with E-state index in [0.717, 1.165) is 19.5 Å². The Balaban J connectivity index is 1.96. The van der Waals surface area contributed by atoms with Crippen LogP contribution in [-0.4, -0.2) is 31.0 Å². The van der Waals surface area contributed by atoms with Gasteiger partial charge in [-0.25, -0.2) is 0 Å². The van der Waals surface area contributed by atoms with Gasteiger partial charge in [0, 0.05) is 13.0 Å². The maximum absolute atomic E-state index is 4.76. The van der Waals surface area contributed by atoms with E-state index < -0.39 is 0 Å². The van der Waals surface area contributed by atoms with Crippen molar-refractivity contribution in [1.29, 1.82) is 0 Å². The highest BCUT2D eigenvalue weighted by molar-refractivity contribution is 5.85. The monoisotopic (exact) mass is 195 g/mol. The average Bonchev–Trinajstić information content (AvgIpc) is 2.42. The highest BCUT2D eigenvalue weighted by Gasteiger charge is 2.31. The number of amidine groups is 1. The first-order valence-electron chi connectivity index (χ1n) is 5.58. The number of nitrogens with one attached hydrogen (secondary N) is 2. The lowest BCUT2D eigenvalue weighted by Gasteiger charge is -2.25. The SMILES string of the molecule is CC(C)(C)CC1=NC2CCNCC2N1. The number of hydrogen-bond acceptors (Lipinski definition) is 3. The van der Waals surface area contributed by atoms with Crippen molar-refractivity contribution in [2.45, 2.75) is 45.7 Å². The molecule has 0 spiro atoms. The molecule has 0 radical (unpaired) electrons. The lowest BCUT2D eigenvalue weighted by Crippen LogP contribution is -2.48. The highest BCUT2D eigenvalue weighted by Crippen LogP contribution is 2.23. The quantitative estimate of drug-likeness (QED) is 0.658. The number of hydrogen-bond donors (Lipinski definition) is 2. The van der Waals surface area contributed by atoms with Crippen molar-refractivity contribution >= 4 is 5.84 Å². The van der Waals surface area contributed by atoms with Gasteiger partial charge in [0.25, 0.3) is 0 Å². The van der Waals surface area contributed by atoms with Crippen molar-refractivity contribution in [1.82, 2.24) is 10.6 Å². The Labute approximate surface area is 86.4 Å². The first-order chi connectivity index (χ1) is 6.54. The van der Waals surface area contributed by atoms with Crippen LogP contribution in [0.1, 0.15) is 33.6 Å². The molecule has 0 aliphatic carbocycles. The molecular weight excluding hydrogens is 174 g/mol. The number of rotatable bonds is 1. The summed E-state index contributed by atoms with van der Waals surface area (Å²) in [6.07, 6.45) is 2.26. The fraction of sp³-hybridized carbons (Fsp3) is 0.909. The van der Waals surface area contributed by atoms with Crippen molar-refractivity contribution in [2.75, 3.05) is 13.1 Å². The van der Waals surface area contributed by atoms with Crippen LogP contribution in [0.15, 0.2) is 4.99 Å². The Morgan fingerprint density at radius 3 is 2.86 bits per heavy atom. The summed E-state index contributed by atoms with van der Waals surface area (Å²) >= 11 is 0. The van der Waals surface area contributed by atoms with Gasteiger partial charge in [0.15, 0.2) is 0 Å². The van der Waals surface area contributed by atoms with E-state index in [2.05, 4.69) is 31.4 Å². The second-order valence-corrected chi connectivity index (χ2v) is 5.62. The molecule has 0 saturated carbocycles. The lowest BCUT2D eigenvalue weighted by atomic mass is 9.92. The van der Waals surface area contributed by atoms with Gasteiger partial charge in [-0.05, 0) is 18.4 Å². The number of nitrogens with zero attached hydrogens (tertiary/aromatic N) is 1. The minimum Gasteiger partial charge on any atom is -0.368 e. The maximum atomic E-state index is 4.76. The lowest BCUT2D eigenvalue weighted by molar-refractivity contribution is 0.398. The van der Waals surface area contributed by atoms with Crippen LogP contribution < -0.4 is 10.6 Å². The Morgan fingerprint density at radius 2 is 2.21 bits per heavy atom. The molecule has 0 aromatic rings. The van der Waals surface area contributed by atoms with E-state index in [-0.39, 0.29) is 0 Å². The van der Waals surface area contributed by atoms with Crippen molar-refractivity contribution < 1.29 is 0 Å². The van der Waals surface area contributed by atoms with Gasteiger partial charge in [-0.3, -0.25) is 4.99 Å². The minimum absolute atomic E-state index is 0.340. The Hall–Kier alpha value is -0.570. The first kappa shape index (κ1) is 9.97. The van der Waals surface area contributed by atoms with E-state index >= 15 is 0 Å². The zero-order valence-corrected chi connectivity index (χ0v) is 9.43. The summed E-state index contributed by atoms with van der Waals surface area (Å²) in [5, 5.41) is 6.94. The highest BCUT2D eigenvalue weighted by atomic mass is 15.2. The summed E-state index contributed by atoms with van der Waals surface area (Å²) in [7, 11) is 0. The topological polar surface area (TPSA) is 36.4 Å². The van der Waals surface area contributed by atoms with Gasteiger partial charge in [0.1, 0.15) is 0 Å². The number of piperidine rings is 1. The summed E-state index contributed by atoms with van der Waals surface area (Å²) < 4.78 is 0. The second kappa shape index (κ2) is 3.54. The summed E-state index contributed by atoms with van der Waals surface area (Å²) in [4.78, 5) is 4.76. The molecular formula is C11H21N3. The predicted molar refractivity (Wildman–Crippen MR) is 59.7 cm³/mol. The van der Waals surface area contributed by atoms with Crippen molar-refractivity contribution in [3.63, 3.8) is 0 Å². The zero-order valence-electron chi connectivity index (χ0n) is 9.43. The third-order valence-corrected chi connectivity index (χ3v) is 2.82. The number of fused-ring (bicyclic) bond motifs is 1. The molecule has 0 aromatic carbocycles. The molecule has 1 fully saturated rings. The minimum atomic E-state index is 0.340. The summed E-state index contributed by atoms with van der Waals surface area (Å²) in [6.45, 7) is 8.98. The molecule has 2 unspecified atom stereocenters. The molecule has 1 saturated heterocycles. The van der Waals surface area contributed by atoms with Crippen LogP contribution in [0.4, 0.5) is 0 Å². The van der Waals surface area contributed by atoms with Gasteiger partial charge in [-0.2, -0.15) is 0 Å². The van der Waals surface area contributed by atoms with E-state index in [1.807, 2.05) is 0 Å². The Morgan fingerprint density at radius 1 is 1.43 bits per heavy atom. The molecule has 2 atom stereocenters. The Bertz CT molecular complexity index is 239. The van der Waals surface area contributed by atoms with Gasteiger partial charge in [-0.15, -0.1) is 0 Å². The van der Waals surface area contributed by atoms with Crippen molar-refractivity contribution in [2.24, 2.45) is 10.4 Å². The third kappa shape index (κ3) is 2.27. The molecule has 2 rings (SSSR count). The van der Waals surface area contributed by atoms with Gasteiger partial charge in [-0.1, -0.05) is 20.8 Å². The first-order valence-corrected chi connectivity index (χ1v) is 5.58. The van der Waals surface area contributed by atoms with Crippen molar-refractivity contribution in [3.05, 3.63) is 0 Å². The van der Waals surface area contributed by atoms with Crippen LogP contribution in [0.25, 0.3) is 0 Å². The largest absolute Gasteiger partial charge is 0.368 e. The third-order valence-electron chi connectivity index (χ3n) is 2.82. The second-order valence-electron chi connectivity index (χ2n) is 5.62. The van der Waals surface area contributed by atoms with Crippen molar-refractivity contribution in [3.8, 4) is 0 Å². The summed E-state index contributed by atoms with van der Waals surface area (Å²) in [6, 6.07) is 1.09. The normalized spacial score (nSPS) is 32.1. The fourth-order valence-corrected chi connectivity index (χ4v) is 2.20. The average molecular weight is 195 g/mol. The number of aliphatic imine (C=N–C) groups is 1. The molecule has 3 heteroatoms. The maximum Gasteiger partial charge on any atom is 0.0976 e. The molecule has 2 aliphatic rings. The smallest absolute Gasteiger partial charge is 0.0976 e. The van der Waals surface area contributed by atoms with E-state index in [4.69, 9.17) is 4.99 Å². The van der Waals surface area contributed by atoms with Gasteiger partial charge >= 0.3 is 0 Å². The van der Waals surface area contributed by atoms with Crippen LogP contribution in [0.5, 0.6) is 0 Å². The Kier molecular flexibility index (Phi) is 2.52. The molecule has 2 heterocycles. The van der Waals surface area contributed by atoms with E-state index in [1.54, 1.807) is 0 Å². The van der Waals surface area contributed by atoms with Crippen LogP contribution in [0.2, 0.25) is 0 Å². The van der Waals surface area contributed by atoms with E-state index in [1.165, 1.54) is 12.3 Å². The summed E-state index contributed by atoms with van der Waals surface area (Å²) in [5.41, 5.74) is 0.340. The fourth-order valence-electron chi connectivity index (χ4n) is 2.20. The van der Waals surface area contributed by atoms with Gasteiger partial charge < -0.3 is 10.6 Å². The van der Waals surface area contributed by atoms with Gasteiger partial charge in [0.05, 0.1) is 17.9 Å². The van der Waals surface area contributed by atoms with Crippen LogP contribution in [-0.2, 0) is 0 Å². The predicted octanol–water partition coefficient (Wildman–Crippen LogP) is 1.15. The molecule has 0 amide bonds. The van der Waals surface area contributed by atoms with Crippen LogP contribution in [0.3, 0.4) is 0 Å². The molecule has 0 aromatic heterocycles. The van der Waals surface area contributed by atoms with Crippen LogP contribution in [0, 0.1) is 5.41 Å². The van der Waals surface area contributed by atoms with Crippen LogP contribution >= 0.6 is 0 Å². The zero-order chi connectivity index (χ0) is 10.2. The van der Waals surface area contributed by atoms with E-state index in [0.29, 0.717) is 17.5 Å². The molecule has 2 aliphatic heterocycles. The molecule has 2 N–H and O–H groups in total. The van der Waals surface area contributed by atoms with Gasteiger partial charge in [0.2, 0.25) is 0 Å². The molecule has 0 bridgehead atoms. The molecule has 14 heavy (non-hydrogen) atoms. The van der Waals surface area contributed by atoms with E-state index in [9.17, 15) is 0 Å². The standard InChI is InChI=1S/C11H21N3/c1-11(2,3)6-10-13-8-4-5-12-7-9(8)14-10/h8-9,12H,4-7H2,1-3H3,(H,13,14). The summed E-state index contributed by atoms with van der Waals surface area (Å²) in [5.74, 6) is 1.22. The molecule has 80 valence electrons.